The maximum Gasteiger partial charge on any atom is 0.237 e. The first kappa shape index (κ1) is 13.4. The molecule has 1 aromatic carbocycles. The van der Waals surface area contributed by atoms with E-state index in [0.717, 1.165) is 42.9 Å². The van der Waals surface area contributed by atoms with Gasteiger partial charge in [-0.05, 0) is 36.8 Å². The molecule has 18 heavy (non-hydrogen) atoms. The number of carbonyl (C=O) groups is 1. The SMILES string of the molecule is CCNCc1ccccc1NC(=O)C1CCCS1. The molecule has 1 amide bonds. The molecular formula is C14H20N2OS. The molecule has 0 saturated carbocycles. The monoisotopic (exact) mass is 264 g/mol. The number of anilines is 1. The number of thioether (sulfide) groups is 1. The first-order valence-electron chi connectivity index (χ1n) is 6.52. The van der Waals surface area contributed by atoms with Gasteiger partial charge < -0.3 is 10.6 Å². The smallest absolute Gasteiger partial charge is 0.237 e. The van der Waals surface area contributed by atoms with Gasteiger partial charge >= 0.3 is 0 Å². The van der Waals surface area contributed by atoms with Crippen molar-refractivity contribution >= 4 is 23.4 Å². The number of carbonyl (C=O) groups excluding carboxylic acids is 1. The number of nitrogens with one attached hydrogen (secondary N) is 2. The van der Waals surface area contributed by atoms with Gasteiger partial charge in [0.05, 0.1) is 5.25 Å². The molecule has 1 aliphatic heterocycles. The summed E-state index contributed by atoms with van der Waals surface area (Å²) in [5.41, 5.74) is 2.09. The molecule has 1 aliphatic rings. The summed E-state index contributed by atoms with van der Waals surface area (Å²) in [6.45, 7) is 3.81. The quantitative estimate of drug-likeness (QED) is 0.859. The average molecular weight is 264 g/mol. The van der Waals surface area contributed by atoms with E-state index in [4.69, 9.17) is 0 Å². The molecule has 1 atom stereocenters. The number of para-hydroxylation sites is 1. The van der Waals surface area contributed by atoms with E-state index in [0.29, 0.717) is 0 Å². The van der Waals surface area contributed by atoms with Crippen LogP contribution in [0.2, 0.25) is 0 Å². The van der Waals surface area contributed by atoms with Gasteiger partial charge in [0.1, 0.15) is 0 Å². The van der Waals surface area contributed by atoms with Gasteiger partial charge in [-0.3, -0.25) is 4.79 Å². The van der Waals surface area contributed by atoms with Crippen molar-refractivity contribution in [3.05, 3.63) is 29.8 Å². The van der Waals surface area contributed by atoms with Gasteiger partial charge in [0.15, 0.2) is 0 Å². The average Bonchev–Trinajstić information content (AvgIpc) is 2.91. The molecule has 1 saturated heterocycles. The molecule has 0 aromatic heterocycles. The third kappa shape index (κ3) is 3.50. The van der Waals surface area contributed by atoms with Gasteiger partial charge in [-0.2, -0.15) is 0 Å². The fourth-order valence-electron chi connectivity index (χ4n) is 2.05. The third-order valence-corrected chi connectivity index (χ3v) is 4.44. The molecule has 1 fully saturated rings. The van der Waals surface area contributed by atoms with E-state index in [-0.39, 0.29) is 11.2 Å². The number of rotatable bonds is 5. The Morgan fingerprint density at radius 2 is 2.28 bits per heavy atom. The summed E-state index contributed by atoms with van der Waals surface area (Å²) in [5.74, 6) is 1.26. The molecule has 3 nitrogen and oxygen atoms in total. The highest BCUT2D eigenvalue weighted by Crippen LogP contribution is 2.27. The van der Waals surface area contributed by atoms with Gasteiger partial charge in [0.25, 0.3) is 0 Å². The normalized spacial score (nSPS) is 18.8. The fraction of sp³-hybridized carbons (Fsp3) is 0.500. The van der Waals surface area contributed by atoms with Crippen LogP contribution in [0.1, 0.15) is 25.3 Å². The Balaban J connectivity index is 2.00. The van der Waals surface area contributed by atoms with E-state index in [1.807, 2.05) is 18.2 Å². The van der Waals surface area contributed by atoms with E-state index in [9.17, 15) is 4.79 Å². The van der Waals surface area contributed by atoms with Crippen molar-refractivity contribution in [1.29, 1.82) is 0 Å². The van der Waals surface area contributed by atoms with Crippen LogP contribution in [0.25, 0.3) is 0 Å². The lowest BCUT2D eigenvalue weighted by atomic mass is 10.1. The maximum absolute atomic E-state index is 12.1. The summed E-state index contributed by atoms with van der Waals surface area (Å²) in [6.07, 6.45) is 2.16. The standard InChI is InChI=1S/C14H20N2OS/c1-2-15-10-11-6-3-4-7-12(11)16-14(17)13-8-5-9-18-13/h3-4,6-7,13,15H,2,5,8-10H2,1H3,(H,16,17). The Labute approximate surface area is 113 Å². The molecule has 1 aromatic rings. The molecule has 1 unspecified atom stereocenters. The minimum atomic E-state index is 0.136. The second-order valence-corrected chi connectivity index (χ2v) is 5.74. The largest absolute Gasteiger partial charge is 0.325 e. The minimum absolute atomic E-state index is 0.136. The van der Waals surface area contributed by atoms with Gasteiger partial charge in [0.2, 0.25) is 5.91 Å². The Bertz CT molecular complexity index is 403. The van der Waals surface area contributed by atoms with Crippen molar-refractivity contribution in [2.45, 2.75) is 31.6 Å². The first-order chi connectivity index (χ1) is 8.81. The lowest BCUT2D eigenvalue weighted by Crippen LogP contribution is -2.24. The molecule has 0 radical (unpaired) electrons. The van der Waals surface area contributed by atoms with E-state index in [1.54, 1.807) is 11.8 Å². The highest BCUT2D eigenvalue weighted by Gasteiger charge is 2.23. The van der Waals surface area contributed by atoms with E-state index in [2.05, 4.69) is 23.6 Å². The van der Waals surface area contributed by atoms with Crippen molar-refractivity contribution in [1.82, 2.24) is 5.32 Å². The maximum atomic E-state index is 12.1. The summed E-state index contributed by atoms with van der Waals surface area (Å²) in [4.78, 5) is 12.1. The summed E-state index contributed by atoms with van der Waals surface area (Å²) < 4.78 is 0. The lowest BCUT2D eigenvalue weighted by Gasteiger charge is -2.13. The Morgan fingerprint density at radius 3 is 3.00 bits per heavy atom. The summed E-state index contributed by atoms with van der Waals surface area (Å²) in [7, 11) is 0. The van der Waals surface area contributed by atoms with Crippen LogP contribution in [0, 0.1) is 0 Å². The number of hydrogen-bond donors (Lipinski definition) is 2. The van der Waals surface area contributed by atoms with Gasteiger partial charge in [-0.15, -0.1) is 11.8 Å². The van der Waals surface area contributed by atoms with Crippen molar-refractivity contribution in [3.8, 4) is 0 Å². The predicted molar refractivity (Wildman–Crippen MR) is 77.9 cm³/mol. The molecule has 0 aliphatic carbocycles. The topological polar surface area (TPSA) is 41.1 Å². The van der Waals surface area contributed by atoms with E-state index < -0.39 is 0 Å². The summed E-state index contributed by atoms with van der Waals surface area (Å²) in [5, 5.41) is 6.49. The number of amides is 1. The first-order valence-corrected chi connectivity index (χ1v) is 7.57. The summed E-state index contributed by atoms with van der Waals surface area (Å²) >= 11 is 1.77. The molecule has 0 spiro atoms. The fourth-order valence-corrected chi connectivity index (χ4v) is 3.22. The number of hydrogen-bond acceptors (Lipinski definition) is 3. The van der Waals surface area contributed by atoms with Crippen molar-refractivity contribution in [2.75, 3.05) is 17.6 Å². The van der Waals surface area contributed by atoms with E-state index >= 15 is 0 Å². The van der Waals surface area contributed by atoms with Crippen molar-refractivity contribution in [2.24, 2.45) is 0 Å². The Morgan fingerprint density at radius 1 is 1.44 bits per heavy atom. The zero-order valence-corrected chi connectivity index (χ0v) is 11.6. The van der Waals surface area contributed by atoms with Crippen LogP contribution in [0.3, 0.4) is 0 Å². The van der Waals surface area contributed by atoms with Crippen LogP contribution in [0.4, 0.5) is 5.69 Å². The summed E-state index contributed by atoms with van der Waals surface area (Å²) in [6, 6.07) is 8.00. The zero-order valence-electron chi connectivity index (χ0n) is 10.7. The van der Waals surface area contributed by atoms with Crippen LogP contribution in [-0.2, 0) is 11.3 Å². The van der Waals surface area contributed by atoms with Crippen molar-refractivity contribution in [3.63, 3.8) is 0 Å². The minimum Gasteiger partial charge on any atom is -0.325 e. The Hall–Kier alpha value is -1.000. The molecule has 2 rings (SSSR count). The van der Waals surface area contributed by atoms with E-state index in [1.165, 1.54) is 0 Å². The second-order valence-electron chi connectivity index (χ2n) is 4.43. The van der Waals surface area contributed by atoms with Crippen LogP contribution < -0.4 is 10.6 Å². The Kier molecular flexibility index (Phi) is 5.08. The molecule has 98 valence electrons. The molecule has 2 N–H and O–H groups in total. The highest BCUT2D eigenvalue weighted by atomic mass is 32.2. The van der Waals surface area contributed by atoms with Gasteiger partial charge in [-0.25, -0.2) is 0 Å². The van der Waals surface area contributed by atoms with Crippen LogP contribution in [0.15, 0.2) is 24.3 Å². The second kappa shape index (κ2) is 6.81. The molecule has 4 heteroatoms. The molecule has 1 heterocycles. The lowest BCUT2D eigenvalue weighted by molar-refractivity contribution is -0.115. The van der Waals surface area contributed by atoms with Crippen LogP contribution in [-0.4, -0.2) is 23.5 Å². The van der Waals surface area contributed by atoms with Crippen LogP contribution in [0.5, 0.6) is 0 Å². The zero-order chi connectivity index (χ0) is 12.8. The predicted octanol–water partition coefficient (Wildman–Crippen LogP) is 2.63. The van der Waals surface area contributed by atoms with Gasteiger partial charge in [0, 0.05) is 12.2 Å². The third-order valence-electron chi connectivity index (χ3n) is 3.06. The van der Waals surface area contributed by atoms with Crippen molar-refractivity contribution < 1.29 is 4.79 Å². The molecular weight excluding hydrogens is 244 g/mol. The van der Waals surface area contributed by atoms with Crippen LogP contribution >= 0.6 is 11.8 Å². The van der Waals surface area contributed by atoms with Gasteiger partial charge in [-0.1, -0.05) is 25.1 Å². The molecule has 0 bridgehead atoms. The number of benzene rings is 1. The highest BCUT2D eigenvalue weighted by molar-refractivity contribution is 8.00.